The molecule has 2 aromatic rings. The van der Waals surface area contributed by atoms with Crippen LogP contribution in [0.2, 0.25) is 0 Å². The van der Waals surface area contributed by atoms with Gasteiger partial charge in [0.25, 0.3) is 6.43 Å². The van der Waals surface area contributed by atoms with E-state index in [4.69, 9.17) is 0 Å². The summed E-state index contributed by atoms with van der Waals surface area (Å²) in [6, 6.07) is 2.89. The number of fused-ring (bicyclic) bond motifs is 1. The summed E-state index contributed by atoms with van der Waals surface area (Å²) >= 11 is 0.725. The molecule has 0 bridgehead atoms. The van der Waals surface area contributed by atoms with Gasteiger partial charge in [0, 0.05) is 0 Å². The summed E-state index contributed by atoms with van der Waals surface area (Å²) in [5, 5.41) is -0.315. The molecule has 0 aliphatic heterocycles. The molecule has 0 amide bonds. The number of benzene rings is 1. The lowest BCUT2D eigenvalue weighted by Crippen LogP contribution is -1.86. The van der Waals surface area contributed by atoms with E-state index in [1.807, 2.05) is 20.8 Å². The molecule has 0 N–H and O–H groups in total. The van der Waals surface area contributed by atoms with Gasteiger partial charge in [0.2, 0.25) is 0 Å². The molecule has 0 saturated heterocycles. The maximum atomic E-state index is 13.3. The van der Waals surface area contributed by atoms with Gasteiger partial charge in [0.15, 0.2) is 5.01 Å². The average molecular weight is 261 g/mol. The summed E-state index contributed by atoms with van der Waals surface area (Å²) in [5.41, 5.74) is 1.17. The van der Waals surface area contributed by atoms with Crippen LogP contribution < -0.4 is 0 Å². The van der Waals surface area contributed by atoms with Crippen molar-refractivity contribution in [3.05, 3.63) is 28.5 Å². The molecule has 0 saturated carbocycles. The number of aromatic nitrogens is 1. The molecule has 17 heavy (non-hydrogen) atoms. The third-order valence-electron chi connectivity index (χ3n) is 2.16. The zero-order valence-corrected chi connectivity index (χ0v) is 10.7. The van der Waals surface area contributed by atoms with E-state index in [2.05, 4.69) is 4.98 Å². The zero-order chi connectivity index (χ0) is 13.0. The van der Waals surface area contributed by atoms with Crippen molar-refractivity contribution >= 4 is 21.6 Å². The quantitative estimate of drug-likeness (QED) is 0.744. The van der Waals surface area contributed by atoms with Crippen molar-refractivity contribution in [1.29, 1.82) is 0 Å². The maximum Gasteiger partial charge on any atom is 0.289 e. The van der Waals surface area contributed by atoms with Crippen LogP contribution in [0.15, 0.2) is 12.1 Å². The van der Waals surface area contributed by atoms with Crippen molar-refractivity contribution in [2.45, 2.75) is 33.6 Å². The first-order valence-electron chi connectivity index (χ1n) is 5.49. The Kier molecular flexibility index (Phi) is 4.93. The van der Waals surface area contributed by atoms with Crippen molar-refractivity contribution in [3.63, 3.8) is 0 Å². The highest BCUT2D eigenvalue weighted by atomic mass is 32.1. The zero-order valence-electron chi connectivity index (χ0n) is 9.93. The molecular weight excluding hydrogens is 247 g/mol. The summed E-state index contributed by atoms with van der Waals surface area (Å²) in [5.74, 6) is -0.480. The minimum absolute atomic E-state index is 0.227. The second kappa shape index (κ2) is 6.00. The number of thiazole rings is 1. The molecule has 1 heterocycles. The van der Waals surface area contributed by atoms with Crippen LogP contribution in [0, 0.1) is 5.82 Å². The smallest absolute Gasteiger partial charge is 0.235 e. The average Bonchev–Trinajstić information content (AvgIpc) is 2.78. The molecule has 0 fully saturated rings. The van der Waals surface area contributed by atoms with Crippen LogP contribution >= 0.6 is 11.3 Å². The lowest BCUT2D eigenvalue weighted by Gasteiger charge is -1.97. The van der Waals surface area contributed by atoms with Gasteiger partial charge in [-0.2, -0.15) is 0 Å². The van der Waals surface area contributed by atoms with Crippen molar-refractivity contribution < 1.29 is 13.2 Å². The molecule has 0 unspecified atom stereocenters. The number of hydrogen-bond acceptors (Lipinski definition) is 2. The maximum absolute atomic E-state index is 13.3. The van der Waals surface area contributed by atoms with Crippen LogP contribution in [0.25, 0.3) is 10.2 Å². The molecule has 0 spiro atoms. The van der Waals surface area contributed by atoms with E-state index >= 15 is 0 Å². The van der Waals surface area contributed by atoms with E-state index in [9.17, 15) is 13.2 Å². The number of alkyl halides is 2. The Labute approximate surface area is 102 Å². The lowest BCUT2D eigenvalue weighted by molar-refractivity contribution is 0.151. The Balaban J connectivity index is 0.000000686. The Morgan fingerprint density at radius 3 is 2.47 bits per heavy atom. The molecule has 0 atom stereocenters. The van der Waals surface area contributed by atoms with E-state index in [0.717, 1.165) is 16.9 Å². The van der Waals surface area contributed by atoms with E-state index in [-0.39, 0.29) is 9.71 Å². The van der Waals surface area contributed by atoms with Crippen molar-refractivity contribution in [2.75, 3.05) is 0 Å². The molecule has 5 heteroatoms. The van der Waals surface area contributed by atoms with Gasteiger partial charge >= 0.3 is 0 Å². The molecule has 94 valence electrons. The summed E-state index contributed by atoms with van der Waals surface area (Å²) in [6.45, 7) is 5.88. The molecule has 0 aliphatic rings. The Morgan fingerprint density at radius 2 is 1.94 bits per heavy atom. The fraction of sp³-hybridized carbons (Fsp3) is 0.417. The summed E-state index contributed by atoms with van der Waals surface area (Å²) in [7, 11) is 0. The summed E-state index contributed by atoms with van der Waals surface area (Å²) < 4.78 is 38.3. The Bertz CT molecular complexity index is 494. The SMILES string of the molecule is CC.CCc1ccc(F)c2sc(C(F)F)nc12. The summed E-state index contributed by atoms with van der Waals surface area (Å²) in [4.78, 5) is 3.77. The van der Waals surface area contributed by atoms with Crippen molar-refractivity contribution in [2.24, 2.45) is 0 Å². The van der Waals surface area contributed by atoms with Gasteiger partial charge in [-0.3, -0.25) is 0 Å². The fourth-order valence-corrected chi connectivity index (χ4v) is 2.30. The van der Waals surface area contributed by atoms with Crippen LogP contribution in [0.4, 0.5) is 13.2 Å². The molecule has 1 aromatic heterocycles. The second-order valence-corrected chi connectivity index (χ2v) is 4.12. The van der Waals surface area contributed by atoms with Gasteiger partial charge in [-0.1, -0.05) is 26.8 Å². The molecule has 0 aliphatic carbocycles. The number of rotatable bonds is 2. The van der Waals surface area contributed by atoms with Crippen molar-refractivity contribution in [3.8, 4) is 0 Å². The number of aryl methyl sites for hydroxylation is 1. The van der Waals surface area contributed by atoms with Crippen LogP contribution in [-0.4, -0.2) is 4.98 Å². The van der Waals surface area contributed by atoms with Gasteiger partial charge in [0.05, 0.1) is 10.2 Å². The minimum Gasteiger partial charge on any atom is -0.235 e. The molecule has 1 nitrogen and oxygen atoms in total. The number of hydrogen-bond donors (Lipinski definition) is 0. The standard InChI is InChI=1S/C10H8F3NS.C2H6/c1-2-5-3-4-6(11)8-7(5)14-10(15-8)9(12)13;1-2/h3-4,9H,2H2,1H3;1-2H3. The van der Waals surface area contributed by atoms with E-state index in [1.165, 1.54) is 6.07 Å². The first-order chi connectivity index (χ1) is 8.13. The van der Waals surface area contributed by atoms with E-state index in [0.29, 0.717) is 11.9 Å². The lowest BCUT2D eigenvalue weighted by atomic mass is 10.1. The van der Waals surface area contributed by atoms with Gasteiger partial charge in [-0.15, -0.1) is 11.3 Å². The Hall–Kier alpha value is -1.10. The van der Waals surface area contributed by atoms with Gasteiger partial charge in [-0.05, 0) is 18.1 Å². The number of nitrogens with zero attached hydrogens (tertiary/aromatic N) is 1. The predicted molar refractivity (Wildman–Crippen MR) is 65.3 cm³/mol. The first-order valence-corrected chi connectivity index (χ1v) is 6.31. The normalized spacial score (nSPS) is 10.5. The molecular formula is C12H14F3NS. The Morgan fingerprint density at radius 1 is 1.29 bits per heavy atom. The third-order valence-corrected chi connectivity index (χ3v) is 3.23. The van der Waals surface area contributed by atoms with E-state index in [1.54, 1.807) is 6.07 Å². The monoisotopic (exact) mass is 261 g/mol. The number of halogens is 3. The second-order valence-electron chi connectivity index (χ2n) is 3.09. The highest BCUT2D eigenvalue weighted by molar-refractivity contribution is 7.18. The highest BCUT2D eigenvalue weighted by Crippen LogP contribution is 2.32. The van der Waals surface area contributed by atoms with Crippen LogP contribution in [0.5, 0.6) is 0 Å². The first kappa shape index (κ1) is 14.0. The summed E-state index contributed by atoms with van der Waals surface area (Å²) in [6.07, 6.45) is -1.98. The fourth-order valence-electron chi connectivity index (χ4n) is 1.42. The van der Waals surface area contributed by atoms with Crippen molar-refractivity contribution in [1.82, 2.24) is 4.98 Å². The topological polar surface area (TPSA) is 12.9 Å². The predicted octanol–water partition coefficient (Wildman–Crippen LogP) is 4.96. The van der Waals surface area contributed by atoms with Gasteiger partial charge < -0.3 is 0 Å². The van der Waals surface area contributed by atoms with Crippen LogP contribution in [0.3, 0.4) is 0 Å². The molecule has 0 radical (unpaired) electrons. The third kappa shape index (κ3) is 2.77. The molecule has 1 aromatic carbocycles. The van der Waals surface area contributed by atoms with Gasteiger partial charge in [-0.25, -0.2) is 18.2 Å². The van der Waals surface area contributed by atoms with Gasteiger partial charge in [0.1, 0.15) is 5.82 Å². The molecule has 2 rings (SSSR count). The van der Waals surface area contributed by atoms with E-state index < -0.39 is 12.2 Å². The van der Waals surface area contributed by atoms with Crippen LogP contribution in [0.1, 0.15) is 37.8 Å². The minimum atomic E-state index is -2.63. The van der Waals surface area contributed by atoms with Crippen LogP contribution in [-0.2, 0) is 6.42 Å². The highest BCUT2D eigenvalue weighted by Gasteiger charge is 2.17. The largest absolute Gasteiger partial charge is 0.289 e.